The molecule has 1 aliphatic heterocycles. The van der Waals surface area contributed by atoms with Crippen LogP contribution in [-0.2, 0) is 11.3 Å². The minimum Gasteiger partial charge on any atom is -0.388 e. The molecule has 0 unspecified atom stereocenters. The third-order valence-corrected chi connectivity index (χ3v) is 4.20. The maximum atomic E-state index is 10.9. The predicted octanol–water partition coefficient (Wildman–Crippen LogP) is 1.90. The summed E-state index contributed by atoms with van der Waals surface area (Å²) in [6.45, 7) is 2.19. The van der Waals surface area contributed by atoms with Crippen molar-refractivity contribution in [2.45, 2.75) is 25.0 Å². The minimum atomic E-state index is -0.803. The lowest BCUT2D eigenvalue weighted by Crippen LogP contribution is -2.47. The standard InChI is InChI=1S/C18H20N4O2/c19-10-16-11-21-17(12-20-16)22(13-15-4-2-1-3-5-15)14-18(23)6-8-24-9-7-18/h1-5,11-12,23H,6-9,13-14H2. The fourth-order valence-corrected chi connectivity index (χ4v) is 2.83. The zero-order valence-electron chi connectivity index (χ0n) is 13.4. The number of hydrogen-bond donors (Lipinski definition) is 1. The van der Waals surface area contributed by atoms with Gasteiger partial charge in [0.2, 0.25) is 0 Å². The molecule has 3 rings (SSSR count). The molecule has 0 spiro atoms. The first-order chi connectivity index (χ1) is 11.7. The molecule has 1 fully saturated rings. The van der Waals surface area contributed by atoms with Crippen molar-refractivity contribution in [2.75, 3.05) is 24.7 Å². The molecule has 1 aromatic carbocycles. The molecule has 0 bridgehead atoms. The van der Waals surface area contributed by atoms with Crippen LogP contribution in [0.1, 0.15) is 24.1 Å². The molecule has 6 heteroatoms. The Balaban J connectivity index is 1.83. The molecule has 0 radical (unpaired) electrons. The van der Waals surface area contributed by atoms with Crippen molar-refractivity contribution in [3.8, 4) is 6.07 Å². The lowest BCUT2D eigenvalue weighted by atomic mass is 9.93. The summed E-state index contributed by atoms with van der Waals surface area (Å²) in [6, 6.07) is 12.0. The van der Waals surface area contributed by atoms with E-state index < -0.39 is 5.60 Å². The average molecular weight is 324 g/mol. The van der Waals surface area contributed by atoms with Crippen LogP contribution >= 0.6 is 0 Å². The Morgan fingerprint density at radius 1 is 1.17 bits per heavy atom. The largest absolute Gasteiger partial charge is 0.388 e. The van der Waals surface area contributed by atoms with Crippen LogP contribution < -0.4 is 4.90 Å². The molecule has 6 nitrogen and oxygen atoms in total. The van der Waals surface area contributed by atoms with Gasteiger partial charge < -0.3 is 14.7 Å². The first-order valence-electron chi connectivity index (χ1n) is 8.00. The summed E-state index contributed by atoms with van der Waals surface area (Å²) in [5.74, 6) is 0.651. The van der Waals surface area contributed by atoms with Crippen molar-refractivity contribution in [3.05, 3.63) is 54.0 Å². The number of nitriles is 1. The molecule has 0 atom stereocenters. The van der Waals surface area contributed by atoms with E-state index in [2.05, 4.69) is 9.97 Å². The molecule has 1 N–H and O–H groups in total. The van der Waals surface area contributed by atoms with E-state index in [0.29, 0.717) is 45.0 Å². The summed E-state index contributed by atoms with van der Waals surface area (Å²) in [5, 5.41) is 19.7. The maximum Gasteiger partial charge on any atom is 0.158 e. The zero-order valence-corrected chi connectivity index (χ0v) is 13.4. The van der Waals surface area contributed by atoms with E-state index in [-0.39, 0.29) is 5.69 Å². The number of hydrogen-bond acceptors (Lipinski definition) is 6. The van der Waals surface area contributed by atoms with E-state index in [4.69, 9.17) is 10.00 Å². The van der Waals surface area contributed by atoms with Gasteiger partial charge in [0.15, 0.2) is 5.69 Å². The number of nitrogens with zero attached hydrogens (tertiary/aromatic N) is 4. The average Bonchev–Trinajstić information content (AvgIpc) is 2.62. The van der Waals surface area contributed by atoms with Gasteiger partial charge in [-0.2, -0.15) is 5.26 Å². The highest BCUT2D eigenvalue weighted by molar-refractivity contribution is 5.39. The van der Waals surface area contributed by atoms with Crippen LogP contribution in [0.15, 0.2) is 42.7 Å². The SMILES string of the molecule is N#Cc1cnc(N(Cc2ccccc2)CC2(O)CCOCC2)cn1. The van der Waals surface area contributed by atoms with Crippen molar-refractivity contribution in [3.63, 3.8) is 0 Å². The van der Waals surface area contributed by atoms with Crippen molar-refractivity contribution in [2.24, 2.45) is 0 Å². The fraction of sp³-hybridized carbons (Fsp3) is 0.389. The Labute approximate surface area is 141 Å². The molecule has 124 valence electrons. The predicted molar refractivity (Wildman–Crippen MR) is 89.2 cm³/mol. The molecule has 2 heterocycles. The Bertz CT molecular complexity index is 691. The Morgan fingerprint density at radius 3 is 2.54 bits per heavy atom. The van der Waals surface area contributed by atoms with E-state index >= 15 is 0 Å². The number of benzene rings is 1. The van der Waals surface area contributed by atoms with Crippen LogP contribution in [0.2, 0.25) is 0 Å². The number of ether oxygens (including phenoxy) is 1. The smallest absolute Gasteiger partial charge is 0.158 e. The van der Waals surface area contributed by atoms with E-state index in [1.165, 1.54) is 6.20 Å². The first kappa shape index (κ1) is 16.4. The molecule has 0 amide bonds. The Morgan fingerprint density at radius 2 is 1.92 bits per heavy atom. The molecular formula is C18H20N4O2. The number of anilines is 1. The third-order valence-electron chi connectivity index (χ3n) is 4.20. The molecule has 2 aromatic rings. The van der Waals surface area contributed by atoms with Crippen LogP contribution in [0.25, 0.3) is 0 Å². The van der Waals surface area contributed by atoms with Crippen LogP contribution in [-0.4, -0.2) is 40.4 Å². The van der Waals surface area contributed by atoms with Gasteiger partial charge in [-0.1, -0.05) is 30.3 Å². The summed E-state index contributed by atoms with van der Waals surface area (Å²) < 4.78 is 5.36. The summed E-state index contributed by atoms with van der Waals surface area (Å²) in [7, 11) is 0. The summed E-state index contributed by atoms with van der Waals surface area (Å²) >= 11 is 0. The van der Waals surface area contributed by atoms with Gasteiger partial charge in [0, 0.05) is 39.1 Å². The van der Waals surface area contributed by atoms with Crippen LogP contribution in [0.4, 0.5) is 5.82 Å². The quantitative estimate of drug-likeness (QED) is 0.904. The van der Waals surface area contributed by atoms with Crippen molar-refractivity contribution in [1.29, 1.82) is 5.26 Å². The highest BCUT2D eigenvalue weighted by atomic mass is 16.5. The molecule has 0 aliphatic carbocycles. The van der Waals surface area contributed by atoms with Gasteiger partial charge >= 0.3 is 0 Å². The second-order valence-electron chi connectivity index (χ2n) is 6.05. The monoisotopic (exact) mass is 324 g/mol. The maximum absolute atomic E-state index is 10.9. The lowest BCUT2D eigenvalue weighted by molar-refractivity contribution is -0.0580. The summed E-state index contributed by atoms with van der Waals surface area (Å²) in [4.78, 5) is 10.5. The third kappa shape index (κ3) is 4.07. The van der Waals surface area contributed by atoms with Crippen LogP contribution in [0, 0.1) is 11.3 Å². The van der Waals surface area contributed by atoms with E-state index in [0.717, 1.165) is 5.56 Å². The molecule has 1 aromatic heterocycles. The van der Waals surface area contributed by atoms with Gasteiger partial charge in [0.05, 0.1) is 18.0 Å². The first-order valence-corrected chi connectivity index (χ1v) is 8.00. The van der Waals surface area contributed by atoms with Gasteiger partial charge in [-0.15, -0.1) is 0 Å². The topological polar surface area (TPSA) is 82.3 Å². The van der Waals surface area contributed by atoms with Gasteiger partial charge in [-0.05, 0) is 5.56 Å². The van der Waals surface area contributed by atoms with E-state index in [1.54, 1.807) is 6.20 Å². The number of aromatic nitrogens is 2. The summed E-state index contributed by atoms with van der Waals surface area (Å²) in [5.41, 5.74) is 0.602. The molecular weight excluding hydrogens is 304 g/mol. The highest BCUT2D eigenvalue weighted by Crippen LogP contribution is 2.25. The van der Waals surface area contributed by atoms with Crippen molar-refractivity contribution < 1.29 is 9.84 Å². The van der Waals surface area contributed by atoms with Crippen LogP contribution in [0.5, 0.6) is 0 Å². The Kier molecular flexibility index (Phi) is 5.04. The van der Waals surface area contributed by atoms with Gasteiger partial charge in [0.25, 0.3) is 0 Å². The van der Waals surface area contributed by atoms with Crippen LogP contribution in [0.3, 0.4) is 0 Å². The molecule has 0 saturated carbocycles. The molecule has 1 saturated heterocycles. The second-order valence-corrected chi connectivity index (χ2v) is 6.05. The second kappa shape index (κ2) is 7.39. The van der Waals surface area contributed by atoms with E-state index in [9.17, 15) is 5.11 Å². The summed E-state index contributed by atoms with van der Waals surface area (Å²) in [6.07, 6.45) is 4.25. The number of aliphatic hydroxyl groups is 1. The molecule has 24 heavy (non-hydrogen) atoms. The van der Waals surface area contributed by atoms with E-state index in [1.807, 2.05) is 41.3 Å². The molecule has 1 aliphatic rings. The van der Waals surface area contributed by atoms with Gasteiger partial charge in [-0.25, -0.2) is 9.97 Å². The van der Waals surface area contributed by atoms with Gasteiger partial charge in [-0.3, -0.25) is 0 Å². The zero-order chi connectivity index (χ0) is 16.8. The normalized spacial score (nSPS) is 16.3. The van der Waals surface area contributed by atoms with Gasteiger partial charge in [0.1, 0.15) is 11.9 Å². The van der Waals surface area contributed by atoms with Crippen molar-refractivity contribution >= 4 is 5.82 Å². The highest BCUT2D eigenvalue weighted by Gasteiger charge is 2.32. The number of rotatable bonds is 5. The minimum absolute atomic E-state index is 0.281. The fourth-order valence-electron chi connectivity index (χ4n) is 2.83. The lowest BCUT2D eigenvalue weighted by Gasteiger charge is -2.37. The van der Waals surface area contributed by atoms with Crippen molar-refractivity contribution in [1.82, 2.24) is 9.97 Å². The Hall–Kier alpha value is -2.49.